The van der Waals surface area contributed by atoms with Gasteiger partial charge in [0.05, 0.1) is 18.1 Å². The van der Waals surface area contributed by atoms with E-state index < -0.39 is 5.97 Å². The lowest BCUT2D eigenvalue weighted by Crippen LogP contribution is -2.46. The van der Waals surface area contributed by atoms with Crippen molar-refractivity contribution in [3.63, 3.8) is 0 Å². The lowest BCUT2D eigenvalue weighted by molar-refractivity contribution is -0.145. The van der Waals surface area contributed by atoms with Gasteiger partial charge in [-0.3, -0.25) is 9.59 Å². The summed E-state index contributed by atoms with van der Waals surface area (Å²) in [6.07, 6.45) is 10.9. The van der Waals surface area contributed by atoms with Crippen molar-refractivity contribution in [2.45, 2.75) is 115 Å². The van der Waals surface area contributed by atoms with Crippen LogP contribution >= 0.6 is 0 Å². The molecule has 3 saturated carbocycles. The van der Waals surface area contributed by atoms with Gasteiger partial charge in [-0.1, -0.05) is 40.0 Å². The molecule has 2 heterocycles. The molecule has 6 rings (SSSR count). The van der Waals surface area contributed by atoms with E-state index >= 15 is 0 Å². The maximum absolute atomic E-state index is 13.5. The smallest absolute Gasteiger partial charge is 0.306 e. The number of hydrogen-bond acceptors (Lipinski definition) is 3. The Bertz CT molecular complexity index is 1270. The third kappa shape index (κ3) is 4.89. The zero-order valence-corrected chi connectivity index (χ0v) is 24.1. The molecular formula is C33H44N2O4. The molecular weight excluding hydrogens is 488 g/mol. The van der Waals surface area contributed by atoms with Crippen molar-refractivity contribution in [3.05, 3.63) is 40.6 Å². The van der Waals surface area contributed by atoms with Gasteiger partial charge >= 0.3 is 5.97 Å². The number of carboxylic acid groups (broad SMARTS) is 1. The van der Waals surface area contributed by atoms with Crippen LogP contribution in [0.4, 0.5) is 0 Å². The molecule has 0 atom stereocenters. The zero-order valence-electron chi connectivity index (χ0n) is 24.1. The van der Waals surface area contributed by atoms with E-state index in [-0.39, 0.29) is 28.7 Å². The van der Waals surface area contributed by atoms with Crippen molar-refractivity contribution in [2.24, 2.45) is 11.8 Å². The monoisotopic (exact) mass is 532 g/mol. The highest BCUT2D eigenvalue weighted by Crippen LogP contribution is 2.58. The number of nitrogens with zero attached hydrogens (tertiary/aromatic N) is 1. The van der Waals surface area contributed by atoms with E-state index in [9.17, 15) is 14.7 Å². The van der Waals surface area contributed by atoms with Crippen molar-refractivity contribution in [2.75, 3.05) is 6.61 Å². The van der Waals surface area contributed by atoms with Crippen LogP contribution in [0.2, 0.25) is 0 Å². The Morgan fingerprint density at radius 1 is 1.08 bits per heavy atom. The van der Waals surface area contributed by atoms with Crippen LogP contribution in [0.5, 0.6) is 5.75 Å². The number of carboxylic acids is 1. The Morgan fingerprint density at radius 3 is 2.44 bits per heavy atom. The molecule has 1 spiro atoms. The van der Waals surface area contributed by atoms with Gasteiger partial charge in [0.15, 0.2) is 0 Å². The summed E-state index contributed by atoms with van der Waals surface area (Å²) in [5.74, 6) is 0.525. The predicted octanol–water partition coefficient (Wildman–Crippen LogP) is 6.75. The molecule has 1 amide bonds. The van der Waals surface area contributed by atoms with E-state index in [1.807, 2.05) is 0 Å². The van der Waals surface area contributed by atoms with Crippen LogP contribution in [0.3, 0.4) is 0 Å². The number of rotatable bonds is 6. The number of aliphatic carboxylic acids is 1. The second-order valence-corrected chi connectivity index (χ2v) is 13.8. The summed E-state index contributed by atoms with van der Waals surface area (Å²) >= 11 is 0. The van der Waals surface area contributed by atoms with E-state index in [0.717, 1.165) is 36.7 Å². The lowest BCUT2D eigenvalue weighted by Gasteiger charge is -2.33. The van der Waals surface area contributed by atoms with Crippen molar-refractivity contribution in [3.8, 4) is 17.0 Å². The minimum Gasteiger partial charge on any atom is -0.493 e. The minimum atomic E-state index is -0.767. The van der Waals surface area contributed by atoms with E-state index in [4.69, 9.17) is 4.74 Å². The number of hydrogen-bond donors (Lipinski definition) is 2. The predicted molar refractivity (Wildman–Crippen MR) is 153 cm³/mol. The number of carbonyl (C=O) groups excluding carboxylic acids is 1. The molecule has 0 saturated heterocycles. The quantitative estimate of drug-likeness (QED) is 0.431. The van der Waals surface area contributed by atoms with Crippen LogP contribution in [0.15, 0.2) is 18.2 Å². The summed E-state index contributed by atoms with van der Waals surface area (Å²) in [7, 11) is 0. The molecule has 0 bridgehead atoms. The Labute approximate surface area is 232 Å². The summed E-state index contributed by atoms with van der Waals surface area (Å²) in [5.41, 5.74) is 6.84. The fourth-order valence-corrected chi connectivity index (χ4v) is 7.21. The highest BCUT2D eigenvalue weighted by atomic mass is 16.5. The van der Waals surface area contributed by atoms with Crippen molar-refractivity contribution in [1.29, 1.82) is 0 Å². The molecule has 1 aromatic heterocycles. The summed E-state index contributed by atoms with van der Waals surface area (Å²) in [5, 5.41) is 12.4. The maximum atomic E-state index is 13.5. The number of benzene rings is 1. The zero-order chi connectivity index (χ0) is 27.5. The van der Waals surface area contributed by atoms with Crippen molar-refractivity contribution < 1.29 is 19.4 Å². The van der Waals surface area contributed by atoms with Gasteiger partial charge in [-0.15, -0.1) is 0 Å². The van der Waals surface area contributed by atoms with E-state index in [1.165, 1.54) is 61.6 Å². The van der Waals surface area contributed by atoms with Gasteiger partial charge in [-0.05, 0) is 87.0 Å². The topological polar surface area (TPSA) is 80.6 Å². The summed E-state index contributed by atoms with van der Waals surface area (Å²) in [6.45, 7) is 10.6. The molecule has 3 fully saturated rings. The Hall–Kier alpha value is -2.76. The highest BCUT2D eigenvalue weighted by molar-refractivity contribution is 5.97. The lowest BCUT2D eigenvalue weighted by atomic mass is 9.79. The standard InChI is InChI=1S/C33H44N2O4/c1-20-25(30(36)34-24-14-23(15-24)31(37)38)18-28(35(20)19-21-8-6-5-7-9-21)22-16-26(32(2,3)4)29-27(17-22)33(10-11-33)12-13-39-29/h16-18,21,23-24H,5-15,19H2,1-4H3,(H,34,36)(H,37,38)/t23-,24-. The third-order valence-corrected chi connectivity index (χ3v) is 10.0. The highest BCUT2D eigenvalue weighted by Gasteiger charge is 2.49. The average Bonchev–Trinajstić information content (AvgIpc) is 3.57. The SMILES string of the molecule is Cc1c(C(=O)N[C@H]2C[C@H](C(=O)O)C2)cc(-c2cc(C(C)(C)C)c3c(c2)C2(CCO3)CC2)n1CC1CCCCC1. The van der Waals surface area contributed by atoms with Gasteiger partial charge in [0.1, 0.15) is 5.75 Å². The number of amides is 1. The van der Waals surface area contributed by atoms with Gasteiger partial charge in [0.25, 0.3) is 5.91 Å². The Kier molecular flexibility index (Phi) is 6.59. The van der Waals surface area contributed by atoms with Crippen molar-refractivity contribution in [1.82, 2.24) is 9.88 Å². The van der Waals surface area contributed by atoms with Crippen LogP contribution in [-0.2, 0) is 22.2 Å². The molecule has 1 aromatic carbocycles. The fourth-order valence-electron chi connectivity index (χ4n) is 7.21. The van der Waals surface area contributed by atoms with Crippen LogP contribution in [0.25, 0.3) is 11.3 Å². The summed E-state index contributed by atoms with van der Waals surface area (Å²) in [4.78, 5) is 24.8. The molecule has 39 heavy (non-hydrogen) atoms. The van der Waals surface area contributed by atoms with Crippen LogP contribution in [0.1, 0.15) is 112 Å². The van der Waals surface area contributed by atoms with Gasteiger partial charge in [0, 0.05) is 40.5 Å². The van der Waals surface area contributed by atoms with Gasteiger partial charge in [-0.2, -0.15) is 0 Å². The summed E-state index contributed by atoms with van der Waals surface area (Å²) < 4.78 is 8.75. The average molecular weight is 533 g/mol. The minimum absolute atomic E-state index is 0.0611. The Balaban J connectivity index is 1.41. The number of aromatic nitrogens is 1. The largest absolute Gasteiger partial charge is 0.493 e. The van der Waals surface area contributed by atoms with E-state index in [2.05, 4.69) is 55.8 Å². The molecule has 0 unspecified atom stereocenters. The molecule has 2 N–H and O–H groups in total. The number of ether oxygens (including phenoxy) is 1. The van der Waals surface area contributed by atoms with Crippen LogP contribution in [0, 0.1) is 18.8 Å². The van der Waals surface area contributed by atoms with Gasteiger partial charge < -0.3 is 19.7 Å². The molecule has 2 aromatic rings. The van der Waals surface area contributed by atoms with Gasteiger partial charge in [-0.25, -0.2) is 0 Å². The molecule has 4 aliphatic rings. The first kappa shape index (κ1) is 26.5. The van der Waals surface area contributed by atoms with Crippen molar-refractivity contribution >= 4 is 11.9 Å². The Morgan fingerprint density at radius 2 is 1.79 bits per heavy atom. The van der Waals surface area contributed by atoms with Gasteiger partial charge in [0.2, 0.25) is 0 Å². The van der Waals surface area contributed by atoms with Crippen LogP contribution < -0.4 is 10.1 Å². The molecule has 6 nitrogen and oxygen atoms in total. The first-order chi connectivity index (χ1) is 18.6. The molecule has 210 valence electrons. The molecule has 6 heteroatoms. The number of carbonyl (C=O) groups is 2. The second kappa shape index (κ2) is 9.71. The molecule has 0 radical (unpaired) electrons. The molecule has 1 aliphatic heterocycles. The first-order valence-electron chi connectivity index (χ1n) is 15.1. The number of fused-ring (bicyclic) bond motifs is 2. The number of nitrogens with one attached hydrogen (secondary N) is 1. The third-order valence-electron chi connectivity index (χ3n) is 10.0. The fraction of sp³-hybridized carbons (Fsp3) is 0.636. The molecule has 3 aliphatic carbocycles. The summed E-state index contributed by atoms with van der Waals surface area (Å²) in [6, 6.07) is 6.72. The maximum Gasteiger partial charge on any atom is 0.306 e. The first-order valence-corrected chi connectivity index (χ1v) is 15.1. The van der Waals surface area contributed by atoms with E-state index in [0.29, 0.717) is 24.3 Å². The normalized spacial score (nSPS) is 24.0. The van der Waals surface area contributed by atoms with E-state index in [1.54, 1.807) is 0 Å². The van der Waals surface area contributed by atoms with Crippen LogP contribution in [-0.4, -0.2) is 34.2 Å². The second-order valence-electron chi connectivity index (χ2n) is 13.8.